The summed E-state index contributed by atoms with van der Waals surface area (Å²) in [5.74, 6) is -0.884. The summed E-state index contributed by atoms with van der Waals surface area (Å²) in [7, 11) is 0. The fraction of sp³-hybridized carbons (Fsp3) is 0.111. The minimum atomic E-state index is -1.74. The zero-order chi connectivity index (χ0) is 23.6. The van der Waals surface area contributed by atoms with Crippen LogP contribution in [0, 0.1) is 6.92 Å². The van der Waals surface area contributed by atoms with Crippen LogP contribution in [0.15, 0.2) is 88.7 Å². The van der Waals surface area contributed by atoms with Gasteiger partial charge < -0.3 is 9.32 Å². The van der Waals surface area contributed by atoms with Crippen molar-refractivity contribution in [3.05, 3.63) is 112 Å². The quantitative estimate of drug-likeness (QED) is 0.443. The maximum Gasteiger partial charge on any atom is 0.297 e. The fourth-order valence-corrected chi connectivity index (χ4v) is 5.11. The summed E-state index contributed by atoms with van der Waals surface area (Å²) in [5.41, 5.74) is 0.147. The van der Waals surface area contributed by atoms with Crippen molar-refractivity contribution in [1.82, 2.24) is 4.98 Å². The molecule has 7 heteroatoms. The number of hydrogen-bond acceptors (Lipinski definition) is 5. The van der Waals surface area contributed by atoms with Gasteiger partial charge in [0.1, 0.15) is 11.4 Å². The average Bonchev–Trinajstić information content (AvgIpc) is 3.24. The number of carbonyl (C=O) groups is 2. The van der Waals surface area contributed by atoms with Crippen LogP contribution in [0.4, 0.5) is 11.5 Å². The molecule has 4 heterocycles. The van der Waals surface area contributed by atoms with Crippen LogP contribution in [0.25, 0.3) is 11.0 Å². The molecule has 0 saturated carbocycles. The molecule has 6 rings (SSSR count). The molecule has 166 valence electrons. The Morgan fingerprint density at radius 1 is 1.06 bits per heavy atom. The molecule has 1 atom stereocenters. The van der Waals surface area contributed by atoms with Crippen LogP contribution in [0.3, 0.4) is 0 Å². The molecule has 1 unspecified atom stereocenters. The Morgan fingerprint density at radius 2 is 1.82 bits per heavy atom. The number of rotatable bonds is 3. The Labute approximate surface area is 194 Å². The van der Waals surface area contributed by atoms with E-state index in [9.17, 15) is 14.4 Å². The van der Waals surface area contributed by atoms with Crippen LogP contribution in [0.5, 0.6) is 0 Å². The Balaban J connectivity index is 1.79. The highest BCUT2D eigenvalue weighted by atomic mass is 16.3. The predicted molar refractivity (Wildman–Crippen MR) is 128 cm³/mol. The number of anilines is 2. The van der Waals surface area contributed by atoms with Crippen molar-refractivity contribution in [2.24, 2.45) is 0 Å². The van der Waals surface area contributed by atoms with Gasteiger partial charge in [-0.3, -0.25) is 19.3 Å². The number of carbonyl (C=O) groups excluding carboxylic acids is 2. The molecule has 2 aliphatic heterocycles. The van der Waals surface area contributed by atoms with E-state index in [-0.39, 0.29) is 29.3 Å². The highest BCUT2D eigenvalue weighted by Gasteiger charge is 2.65. The first-order valence-electron chi connectivity index (χ1n) is 10.9. The van der Waals surface area contributed by atoms with E-state index < -0.39 is 22.8 Å². The largest absolute Gasteiger partial charge is 0.450 e. The van der Waals surface area contributed by atoms with E-state index in [2.05, 4.69) is 11.6 Å². The molecule has 2 amide bonds. The molecule has 7 nitrogen and oxygen atoms in total. The summed E-state index contributed by atoms with van der Waals surface area (Å²) in [6.45, 7) is 5.88. The van der Waals surface area contributed by atoms with Gasteiger partial charge in [0.15, 0.2) is 11.0 Å². The smallest absolute Gasteiger partial charge is 0.297 e. The standard InChI is InChI=1S/C27H19N3O4/c1-3-14-29-19-10-6-5-9-18(19)27(26(29)33)22-23(31)17-8-4-7-11-20(17)34-24(22)25(32)30(27)21-15-16(2)12-13-28-21/h3-13,15H,1,14H2,2H3. The molecule has 2 aliphatic rings. The number of aryl methyl sites for hydroxylation is 1. The van der Waals surface area contributed by atoms with Crippen molar-refractivity contribution in [3.8, 4) is 0 Å². The second-order valence-electron chi connectivity index (χ2n) is 8.40. The molecule has 0 N–H and O–H groups in total. The number of nitrogens with zero attached hydrogens (tertiary/aromatic N) is 3. The molecule has 0 saturated heterocycles. The van der Waals surface area contributed by atoms with E-state index in [4.69, 9.17) is 4.42 Å². The van der Waals surface area contributed by atoms with Gasteiger partial charge in [0, 0.05) is 18.3 Å². The number of pyridine rings is 1. The normalized spacial score (nSPS) is 18.6. The second kappa shape index (κ2) is 6.99. The van der Waals surface area contributed by atoms with Gasteiger partial charge in [-0.25, -0.2) is 4.98 Å². The lowest BCUT2D eigenvalue weighted by molar-refractivity contribution is -0.121. The first kappa shape index (κ1) is 20.1. The Morgan fingerprint density at radius 3 is 2.62 bits per heavy atom. The lowest BCUT2D eigenvalue weighted by Gasteiger charge is -2.33. The minimum Gasteiger partial charge on any atom is -0.450 e. The monoisotopic (exact) mass is 449 g/mol. The molecule has 34 heavy (non-hydrogen) atoms. The van der Waals surface area contributed by atoms with Gasteiger partial charge in [0.2, 0.25) is 5.76 Å². The summed E-state index contributed by atoms with van der Waals surface area (Å²) >= 11 is 0. The number of fused-ring (bicyclic) bond motifs is 5. The number of aromatic nitrogens is 1. The summed E-state index contributed by atoms with van der Waals surface area (Å²) in [6, 6.07) is 17.4. The minimum absolute atomic E-state index is 0.0171. The fourth-order valence-electron chi connectivity index (χ4n) is 5.11. The summed E-state index contributed by atoms with van der Waals surface area (Å²) < 4.78 is 6.01. The van der Waals surface area contributed by atoms with E-state index >= 15 is 0 Å². The molecule has 4 aromatic rings. The molecule has 0 radical (unpaired) electrons. The lowest BCUT2D eigenvalue weighted by Crippen LogP contribution is -2.54. The Hall–Kier alpha value is -4.52. The van der Waals surface area contributed by atoms with E-state index in [1.165, 1.54) is 4.90 Å². The third kappa shape index (κ3) is 2.35. The van der Waals surface area contributed by atoms with Crippen molar-refractivity contribution in [2.45, 2.75) is 12.5 Å². The van der Waals surface area contributed by atoms with Crippen molar-refractivity contribution < 1.29 is 14.0 Å². The van der Waals surface area contributed by atoms with Crippen LogP contribution in [0.1, 0.15) is 27.2 Å². The van der Waals surface area contributed by atoms with Crippen molar-refractivity contribution in [3.63, 3.8) is 0 Å². The molecule has 2 aromatic heterocycles. The number of hydrogen-bond donors (Lipinski definition) is 0. The average molecular weight is 449 g/mol. The summed E-state index contributed by atoms with van der Waals surface area (Å²) in [5, 5.41) is 0.305. The van der Waals surface area contributed by atoms with Gasteiger partial charge in [-0.2, -0.15) is 0 Å². The van der Waals surface area contributed by atoms with Crippen molar-refractivity contribution >= 4 is 34.3 Å². The van der Waals surface area contributed by atoms with Gasteiger partial charge in [0.05, 0.1) is 16.6 Å². The van der Waals surface area contributed by atoms with Crippen LogP contribution in [-0.4, -0.2) is 23.3 Å². The first-order chi connectivity index (χ1) is 16.5. The number of amides is 2. The zero-order valence-electron chi connectivity index (χ0n) is 18.3. The predicted octanol–water partition coefficient (Wildman–Crippen LogP) is 3.93. The van der Waals surface area contributed by atoms with Gasteiger partial charge in [-0.1, -0.05) is 36.4 Å². The molecule has 2 aromatic carbocycles. The van der Waals surface area contributed by atoms with Gasteiger partial charge in [-0.05, 0) is 42.8 Å². The van der Waals surface area contributed by atoms with Crippen LogP contribution in [0.2, 0.25) is 0 Å². The Kier molecular flexibility index (Phi) is 4.13. The van der Waals surface area contributed by atoms with E-state index in [0.29, 0.717) is 16.6 Å². The molecule has 0 bridgehead atoms. The Bertz CT molecular complexity index is 1610. The van der Waals surface area contributed by atoms with Crippen molar-refractivity contribution in [2.75, 3.05) is 16.3 Å². The molecule has 0 fully saturated rings. The highest BCUT2D eigenvalue weighted by Crippen LogP contribution is 2.53. The number of para-hydroxylation sites is 2. The lowest BCUT2D eigenvalue weighted by atomic mass is 9.84. The molecule has 1 spiro atoms. The third-order valence-corrected chi connectivity index (χ3v) is 6.47. The SMILES string of the molecule is C=CCN1C(=O)C2(c3ccccc31)c1c(oc3ccccc3c1=O)C(=O)N2c1cc(C)ccn1. The topological polar surface area (TPSA) is 83.7 Å². The van der Waals surface area contributed by atoms with Gasteiger partial charge in [0.25, 0.3) is 11.8 Å². The van der Waals surface area contributed by atoms with Gasteiger partial charge in [-0.15, -0.1) is 6.58 Å². The van der Waals surface area contributed by atoms with Crippen LogP contribution < -0.4 is 15.2 Å². The first-order valence-corrected chi connectivity index (χ1v) is 10.9. The molecular formula is C27H19N3O4. The summed E-state index contributed by atoms with van der Waals surface area (Å²) in [4.78, 5) is 49.5. The zero-order valence-corrected chi connectivity index (χ0v) is 18.3. The van der Waals surface area contributed by atoms with Crippen molar-refractivity contribution in [1.29, 1.82) is 0 Å². The maximum absolute atomic E-state index is 14.3. The van der Waals surface area contributed by atoms with Crippen LogP contribution >= 0.6 is 0 Å². The third-order valence-electron chi connectivity index (χ3n) is 6.47. The van der Waals surface area contributed by atoms with E-state index in [1.807, 2.05) is 13.0 Å². The summed E-state index contributed by atoms with van der Waals surface area (Å²) in [6.07, 6.45) is 3.19. The van der Waals surface area contributed by atoms with Gasteiger partial charge >= 0.3 is 0 Å². The van der Waals surface area contributed by atoms with E-state index in [0.717, 1.165) is 5.56 Å². The van der Waals surface area contributed by atoms with E-state index in [1.54, 1.807) is 71.8 Å². The number of benzene rings is 2. The maximum atomic E-state index is 14.3. The molecular weight excluding hydrogens is 430 g/mol. The second-order valence-corrected chi connectivity index (χ2v) is 8.40. The highest BCUT2D eigenvalue weighted by molar-refractivity contribution is 6.24. The van der Waals surface area contributed by atoms with Crippen LogP contribution in [-0.2, 0) is 10.3 Å². The molecule has 0 aliphatic carbocycles.